The summed E-state index contributed by atoms with van der Waals surface area (Å²) in [5.41, 5.74) is 2.29. The van der Waals surface area contributed by atoms with Gasteiger partial charge in [0.25, 0.3) is 0 Å². The number of carbonyl (C=O) groups excluding carboxylic acids is 1. The molecule has 1 aromatic heterocycles. The smallest absolute Gasteiger partial charge is 0.220 e. The molecule has 0 radical (unpaired) electrons. The number of fused-ring (bicyclic) bond motifs is 1. The number of nitrogens with one attached hydrogen (secondary N) is 1. The minimum Gasteiger partial charge on any atom is -0.353 e. The van der Waals surface area contributed by atoms with Crippen LogP contribution in [0.3, 0.4) is 0 Å². The maximum absolute atomic E-state index is 11.8. The fourth-order valence-corrected chi connectivity index (χ4v) is 2.80. The highest BCUT2D eigenvalue weighted by Crippen LogP contribution is 2.21. The standard InChI is InChI=1S/C16H20N2O3S/c1-18-12-13(14-6-3-4-7-15(14)18)8-9-16(19)17-10-5-11-22(2,20)21/h3-7,11-12H,8-10H2,1-2H3,(H,17,19)/b11-5+. The molecular formula is C16H20N2O3S. The highest BCUT2D eigenvalue weighted by atomic mass is 32.2. The predicted octanol–water partition coefficient (Wildman–Crippen LogP) is 1.79. The van der Waals surface area contributed by atoms with E-state index in [4.69, 9.17) is 0 Å². The highest BCUT2D eigenvalue weighted by molar-refractivity contribution is 7.93. The van der Waals surface area contributed by atoms with E-state index in [9.17, 15) is 13.2 Å². The van der Waals surface area contributed by atoms with E-state index in [1.807, 2.05) is 25.4 Å². The van der Waals surface area contributed by atoms with Gasteiger partial charge in [0.2, 0.25) is 5.91 Å². The van der Waals surface area contributed by atoms with Crippen LogP contribution in [0.4, 0.5) is 0 Å². The van der Waals surface area contributed by atoms with Gasteiger partial charge in [-0.15, -0.1) is 0 Å². The van der Waals surface area contributed by atoms with E-state index in [1.54, 1.807) is 0 Å². The number of sulfone groups is 1. The summed E-state index contributed by atoms with van der Waals surface area (Å²) in [7, 11) is -1.15. The van der Waals surface area contributed by atoms with Crippen LogP contribution in [0.5, 0.6) is 0 Å². The lowest BCUT2D eigenvalue weighted by Crippen LogP contribution is -2.23. The average Bonchev–Trinajstić information content (AvgIpc) is 2.78. The second-order valence-corrected chi connectivity index (χ2v) is 7.22. The van der Waals surface area contributed by atoms with Gasteiger partial charge in [0.05, 0.1) is 0 Å². The number of para-hydroxylation sites is 1. The molecule has 0 aliphatic carbocycles. The first-order chi connectivity index (χ1) is 10.4. The summed E-state index contributed by atoms with van der Waals surface area (Å²) in [5, 5.41) is 4.94. The molecule has 0 bridgehead atoms. The predicted molar refractivity (Wildman–Crippen MR) is 88.2 cm³/mol. The number of carbonyl (C=O) groups is 1. The Bertz CT molecular complexity index is 804. The Morgan fingerprint density at radius 2 is 2.05 bits per heavy atom. The van der Waals surface area contributed by atoms with Crippen molar-refractivity contribution in [3.8, 4) is 0 Å². The first-order valence-electron chi connectivity index (χ1n) is 7.03. The zero-order valence-corrected chi connectivity index (χ0v) is 13.6. The second-order valence-electron chi connectivity index (χ2n) is 5.29. The molecule has 2 rings (SSSR count). The van der Waals surface area contributed by atoms with Crippen molar-refractivity contribution in [2.75, 3.05) is 12.8 Å². The number of rotatable bonds is 6. The van der Waals surface area contributed by atoms with E-state index in [-0.39, 0.29) is 12.5 Å². The van der Waals surface area contributed by atoms with E-state index in [0.717, 1.165) is 28.1 Å². The van der Waals surface area contributed by atoms with Crippen LogP contribution in [0.15, 0.2) is 41.9 Å². The molecule has 0 aliphatic rings. The van der Waals surface area contributed by atoms with Gasteiger partial charge in [-0.3, -0.25) is 4.79 Å². The molecule has 118 valence electrons. The minimum absolute atomic E-state index is 0.0916. The number of hydrogen-bond acceptors (Lipinski definition) is 3. The van der Waals surface area contributed by atoms with Gasteiger partial charge in [0, 0.05) is 48.8 Å². The van der Waals surface area contributed by atoms with Gasteiger partial charge >= 0.3 is 0 Å². The quantitative estimate of drug-likeness (QED) is 0.882. The molecule has 0 spiro atoms. The molecule has 22 heavy (non-hydrogen) atoms. The van der Waals surface area contributed by atoms with Crippen LogP contribution >= 0.6 is 0 Å². The molecule has 0 saturated carbocycles. The van der Waals surface area contributed by atoms with Crippen molar-refractivity contribution >= 4 is 26.6 Å². The summed E-state index contributed by atoms with van der Waals surface area (Å²) in [6.07, 6.45) is 5.63. The lowest BCUT2D eigenvalue weighted by molar-refractivity contribution is -0.120. The normalized spacial score (nSPS) is 12.1. The molecule has 0 saturated heterocycles. The van der Waals surface area contributed by atoms with E-state index in [2.05, 4.69) is 22.0 Å². The zero-order valence-electron chi connectivity index (χ0n) is 12.7. The van der Waals surface area contributed by atoms with Crippen LogP contribution in [-0.4, -0.2) is 31.7 Å². The number of aryl methyl sites for hydroxylation is 2. The molecule has 1 amide bonds. The first-order valence-corrected chi connectivity index (χ1v) is 8.98. The van der Waals surface area contributed by atoms with E-state index in [0.29, 0.717) is 12.8 Å². The fourth-order valence-electron chi connectivity index (χ4n) is 2.36. The molecule has 1 heterocycles. The van der Waals surface area contributed by atoms with Gasteiger partial charge in [-0.05, 0) is 18.1 Å². The molecule has 1 N–H and O–H groups in total. The molecular weight excluding hydrogens is 300 g/mol. The van der Waals surface area contributed by atoms with E-state index < -0.39 is 9.84 Å². The molecule has 0 aliphatic heterocycles. The van der Waals surface area contributed by atoms with Crippen molar-refractivity contribution < 1.29 is 13.2 Å². The summed E-state index contributed by atoms with van der Waals surface area (Å²) in [4.78, 5) is 11.8. The van der Waals surface area contributed by atoms with Crippen LogP contribution in [0.25, 0.3) is 10.9 Å². The van der Waals surface area contributed by atoms with Crippen molar-refractivity contribution in [3.05, 3.63) is 47.5 Å². The number of amides is 1. The van der Waals surface area contributed by atoms with Gasteiger partial charge < -0.3 is 9.88 Å². The van der Waals surface area contributed by atoms with Crippen LogP contribution in [-0.2, 0) is 28.1 Å². The van der Waals surface area contributed by atoms with E-state index in [1.165, 1.54) is 6.08 Å². The second kappa shape index (κ2) is 6.79. The lowest BCUT2D eigenvalue weighted by Gasteiger charge is -2.02. The van der Waals surface area contributed by atoms with Gasteiger partial charge in [-0.1, -0.05) is 24.3 Å². The molecule has 1 aromatic carbocycles. The molecule has 0 atom stereocenters. The summed E-state index contributed by atoms with van der Waals surface area (Å²) in [5.74, 6) is -0.0916. The Kier molecular flexibility index (Phi) is 5.03. The first kappa shape index (κ1) is 16.3. The summed E-state index contributed by atoms with van der Waals surface area (Å²) in [6, 6.07) is 8.08. The van der Waals surface area contributed by atoms with Crippen molar-refractivity contribution in [3.63, 3.8) is 0 Å². The number of aromatic nitrogens is 1. The Hall–Kier alpha value is -2.08. The van der Waals surface area contributed by atoms with Crippen molar-refractivity contribution in [2.45, 2.75) is 12.8 Å². The molecule has 5 nitrogen and oxygen atoms in total. The third kappa shape index (κ3) is 4.46. The van der Waals surface area contributed by atoms with Crippen LogP contribution < -0.4 is 5.32 Å². The Morgan fingerprint density at radius 1 is 1.32 bits per heavy atom. The van der Waals surface area contributed by atoms with Gasteiger partial charge in [0.15, 0.2) is 9.84 Å². The average molecular weight is 320 g/mol. The monoisotopic (exact) mass is 320 g/mol. The summed E-state index contributed by atoms with van der Waals surface area (Å²) in [6.45, 7) is 0.224. The summed E-state index contributed by atoms with van der Waals surface area (Å²) < 4.78 is 23.9. The number of nitrogens with zero attached hydrogens (tertiary/aromatic N) is 1. The maximum atomic E-state index is 11.8. The van der Waals surface area contributed by atoms with Crippen molar-refractivity contribution in [1.82, 2.24) is 9.88 Å². The SMILES string of the molecule is Cn1cc(CCC(=O)NC/C=C/S(C)(=O)=O)c2ccccc21. The zero-order chi connectivity index (χ0) is 16.2. The molecule has 0 unspecified atom stereocenters. The molecule has 6 heteroatoms. The Balaban J connectivity index is 1.89. The van der Waals surface area contributed by atoms with Crippen LogP contribution in [0.1, 0.15) is 12.0 Å². The molecule has 2 aromatic rings. The van der Waals surface area contributed by atoms with Gasteiger partial charge in [-0.25, -0.2) is 8.42 Å². The van der Waals surface area contributed by atoms with Gasteiger partial charge in [-0.2, -0.15) is 0 Å². The Labute approximate surface area is 130 Å². The van der Waals surface area contributed by atoms with Crippen LogP contribution in [0.2, 0.25) is 0 Å². The largest absolute Gasteiger partial charge is 0.353 e. The highest BCUT2D eigenvalue weighted by Gasteiger charge is 2.08. The minimum atomic E-state index is -3.13. The molecule has 0 fully saturated rings. The van der Waals surface area contributed by atoms with E-state index >= 15 is 0 Å². The Morgan fingerprint density at radius 3 is 2.77 bits per heavy atom. The number of hydrogen-bond donors (Lipinski definition) is 1. The fraction of sp³-hybridized carbons (Fsp3) is 0.312. The number of benzene rings is 1. The third-order valence-corrected chi connectivity index (χ3v) is 4.05. The lowest BCUT2D eigenvalue weighted by atomic mass is 10.1. The summed E-state index contributed by atoms with van der Waals surface area (Å²) >= 11 is 0. The maximum Gasteiger partial charge on any atom is 0.220 e. The van der Waals surface area contributed by atoms with Crippen LogP contribution in [0, 0.1) is 0 Å². The third-order valence-electron chi connectivity index (χ3n) is 3.36. The van der Waals surface area contributed by atoms with Crippen molar-refractivity contribution in [2.24, 2.45) is 7.05 Å². The van der Waals surface area contributed by atoms with Crippen molar-refractivity contribution in [1.29, 1.82) is 0 Å². The topological polar surface area (TPSA) is 68.2 Å². The van der Waals surface area contributed by atoms with Gasteiger partial charge in [0.1, 0.15) is 0 Å².